The van der Waals surface area contributed by atoms with Gasteiger partial charge in [0.1, 0.15) is 22.7 Å². The van der Waals surface area contributed by atoms with E-state index >= 15 is 0 Å². The Hall–Kier alpha value is -2.59. The van der Waals surface area contributed by atoms with E-state index in [0.29, 0.717) is 6.07 Å². The van der Waals surface area contributed by atoms with Crippen LogP contribution in [0, 0.1) is 23.0 Å². The number of nitrogens with zero attached hydrogens (tertiary/aromatic N) is 2. The fourth-order valence-corrected chi connectivity index (χ4v) is 2.02. The molecule has 108 valence electrons. The van der Waals surface area contributed by atoms with Crippen LogP contribution in [-0.4, -0.2) is 17.6 Å². The summed E-state index contributed by atoms with van der Waals surface area (Å²) < 4.78 is 32.5. The molecule has 0 aliphatic rings. The molecular weight excluding hydrogens is 304 g/mol. The van der Waals surface area contributed by atoms with Gasteiger partial charge in [-0.1, -0.05) is 11.6 Å². The molecule has 21 heavy (non-hydrogen) atoms. The Morgan fingerprint density at radius 1 is 1.48 bits per heavy atom. The van der Waals surface area contributed by atoms with Gasteiger partial charge in [-0.3, -0.25) is 0 Å². The summed E-state index contributed by atoms with van der Waals surface area (Å²) in [7, 11) is 1.11. The van der Waals surface area contributed by atoms with Crippen LogP contribution in [0.15, 0.2) is 18.3 Å². The molecule has 8 heteroatoms. The number of carbonyl (C=O) groups excluding carboxylic acids is 1. The first-order valence-electron chi connectivity index (χ1n) is 5.54. The zero-order chi connectivity index (χ0) is 15.7. The van der Waals surface area contributed by atoms with E-state index in [-0.39, 0.29) is 22.6 Å². The van der Waals surface area contributed by atoms with Crippen molar-refractivity contribution >= 4 is 23.3 Å². The second kappa shape index (κ2) is 5.42. The molecule has 0 aliphatic carbocycles. The predicted molar refractivity (Wildman–Crippen MR) is 71.2 cm³/mol. The average molecular weight is 312 g/mol. The van der Waals surface area contributed by atoms with Crippen LogP contribution in [0.4, 0.5) is 14.5 Å². The molecule has 2 aromatic rings. The van der Waals surface area contributed by atoms with Gasteiger partial charge >= 0.3 is 5.97 Å². The summed E-state index contributed by atoms with van der Waals surface area (Å²) in [6.45, 7) is 0. The lowest BCUT2D eigenvalue weighted by Gasteiger charge is -2.10. The average Bonchev–Trinajstić information content (AvgIpc) is 2.78. The Bertz CT molecular complexity index is 781. The summed E-state index contributed by atoms with van der Waals surface area (Å²) in [5.74, 6) is -2.77. The van der Waals surface area contributed by atoms with Crippen molar-refractivity contribution in [3.8, 4) is 11.8 Å². The maximum absolute atomic E-state index is 13.5. The van der Waals surface area contributed by atoms with Gasteiger partial charge in [-0.25, -0.2) is 13.6 Å². The maximum Gasteiger partial charge on any atom is 0.357 e. The first-order valence-corrected chi connectivity index (χ1v) is 5.92. The topological polar surface area (TPSA) is 81.0 Å². The smallest absolute Gasteiger partial charge is 0.357 e. The standard InChI is InChI=1S/C13H8ClF2N3O2/c1-21-13(20)12-11(18)6(4-17)5-19(12)9-3-7(15)2-8(16)10(9)14/h2-3,5H,18H2,1H3. The van der Waals surface area contributed by atoms with Crippen LogP contribution >= 0.6 is 11.6 Å². The van der Waals surface area contributed by atoms with Crippen molar-refractivity contribution in [2.45, 2.75) is 0 Å². The second-order valence-corrected chi connectivity index (χ2v) is 4.38. The third-order valence-corrected chi connectivity index (χ3v) is 3.15. The fraction of sp³-hybridized carbons (Fsp3) is 0.0769. The van der Waals surface area contributed by atoms with Crippen LogP contribution in [-0.2, 0) is 4.74 Å². The summed E-state index contributed by atoms with van der Waals surface area (Å²) in [6, 6.07) is 3.28. The van der Waals surface area contributed by atoms with E-state index in [1.165, 1.54) is 0 Å². The molecule has 1 heterocycles. The Labute approximate surface area is 123 Å². The third kappa shape index (κ3) is 2.41. The van der Waals surface area contributed by atoms with Gasteiger partial charge in [0, 0.05) is 12.3 Å². The summed E-state index contributed by atoms with van der Waals surface area (Å²) in [4.78, 5) is 11.8. The van der Waals surface area contributed by atoms with Crippen LogP contribution in [0.1, 0.15) is 16.1 Å². The minimum absolute atomic E-state index is 0.0452. The van der Waals surface area contributed by atoms with E-state index in [1.807, 2.05) is 0 Å². The van der Waals surface area contributed by atoms with Gasteiger partial charge in [0.2, 0.25) is 0 Å². The number of hydrogen-bond acceptors (Lipinski definition) is 4. The largest absolute Gasteiger partial charge is 0.464 e. The molecule has 0 amide bonds. The number of nitriles is 1. The fourth-order valence-electron chi connectivity index (χ4n) is 1.82. The monoisotopic (exact) mass is 311 g/mol. The number of benzene rings is 1. The maximum atomic E-state index is 13.5. The highest BCUT2D eigenvalue weighted by molar-refractivity contribution is 6.32. The van der Waals surface area contributed by atoms with E-state index in [4.69, 9.17) is 22.6 Å². The van der Waals surface area contributed by atoms with Crippen LogP contribution < -0.4 is 5.73 Å². The number of carbonyl (C=O) groups is 1. The van der Waals surface area contributed by atoms with Gasteiger partial charge in [-0.2, -0.15) is 5.26 Å². The van der Waals surface area contributed by atoms with Gasteiger partial charge in [0.15, 0.2) is 5.69 Å². The van der Waals surface area contributed by atoms with Crippen LogP contribution in [0.25, 0.3) is 5.69 Å². The highest BCUT2D eigenvalue weighted by atomic mass is 35.5. The molecule has 0 unspecified atom stereocenters. The number of nitrogens with two attached hydrogens (primary N) is 1. The van der Waals surface area contributed by atoms with Gasteiger partial charge in [-0.05, 0) is 6.07 Å². The molecule has 2 rings (SSSR count). The van der Waals surface area contributed by atoms with Crippen molar-refractivity contribution in [2.75, 3.05) is 12.8 Å². The molecule has 0 radical (unpaired) electrons. The van der Waals surface area contributed by atoms with E-state index in [1.54, 1.807) is 6.07 Å². The molecule has 0 aliphatic heterocycles. The number of esters is 1. The zero-order valence-electron chi connectivity index (χ0n) is 10.7. The van der Waals surface area contributed by atoms with Crippen LogP contribution in [0.3, 0.4) is 0 Å². The minimum atomic E-state index is -1.01. The summed E-state index contributed by atoms with van der Waals surface area (Å²) in [5, 5.41) is 8.54. The molecule has 0 fully saturated rings. The Morgan fingerprint density at radius 2 is 2.14 bits per heavy atom. The van der Waals surface area contributed by atoms with Crippen molar-refractivity contribution in [1.82, 2.24) is 4.57 Å². The molecule has 2 N–H and O–H groups in total. The first-order chi connectivity index (χ1) is 9.90. The number of rotatable bonds is 2. The number of nitrogen functional groups attached to an aromatic ring is 1. The van der Waals surface area contributed by atoms with Crippen LogP contribution in [0.5, 0.6) is 0 Å². The molecule has 0 bridgehead atoms. The molecule has 0 saturated carbocycles. The SMILES string of the molecule is COC(=O)c1c(N)c(C#N)cn1-c1cc(F)cc(F)c1Cl. The quantitative estimate of drug-likeness (QED) is 0.683. The van der Waals surface area contributed by atoms with E-state index in [0.717, 1.165) is 23.9 Å². The summed E-state index contributed by atoms with van der Waals surface area (Å²) in [6.07, 6.45) is 1.15. The van der Waals surface area contributed by atoms with Gasteiger partial charge < -0.3 is 15.0 Å². The van der Waals surface area contributed by atoms with Crippen molar-refractivity contribution in [1.29, 1.82) is 5.26 Å². The molecule has 0 spiro atoms. The highest BCUT2D eigenvalue weighted by Crippen LogP contribution is 2.30. The van der Waals surface area contributed by atoms with E-state index in [9.17, 15) is 13.6 Å². The van der Waals surface area contributed by atoms with Gasteiger partial charge in [-0.15, -0.1) is 0 Å². The number of aromatic nitrogens is 1. The minimum Gasteiger partial charge on any atom is -0.464 e. The number of methoxy groups -OCH3 is 1. The molecule has 0 saturated heterocycles. The first kappa shape index (κ1) is 14.8. The molecular formula is C13H8ClF2N3O2. The number of anilines is 1. The Balaban J connectivity index is 2.82. The van der Waals surface area contributed by atoms with Crippen LogP contribution in [0.2, 0.25) is 5.02 Å². The molecule has 1 aromatic heterocycles. The number of hydrogen-bond donors (Lipinski definition) is 1. The lowest BCUT2D eigenvalue weighted by Crippen LogP contribution is -2.11. The number of halogens is 3. The molecule has 5 nitrogen and oxygen atoms in total. The zero-order valence-corrected chi connectivity index (χ0v) is 11.4. The Morgan fingerprint density at radius 3 is 2.71 bits per heavy atom. The lowest BCUT2D eigenvalue weighted by atomic mass is 10.2. The van der Waals surface area contributed by atoms with Gasteiger partial charge in [0.25, 0.3) is 0 Å². The molecule has 1 aromatic carbocycles. The second-order valence-electron chi connectivity index (χ2n) is 4.00. The van der Waals surface area contributed by atoms with Crippen molar-refractivity contribution in [3.05, 3.63) is 46.2 Å². The normalized spacial score (nSPS) is 10.2. The van der Waals surface area contributed by atoms with E-state index in [2.05, 4.69) is 4.74 Å². The predicted octanol–water partition coefficient (Wildman–Crippen LogP) is 2.65. The molecule has 0 atom stereocenters. The summed E-state index contributed by atoms with van der Waals surface area (Å²) >= 11 is 5.79. The van der Waals surface area contributed by atoms with Crippen molar-refractivity contribution in [3.63, 3.8) is 0 Å². The van der Waals surface area contributed by atoms with Crippen molar-refractivity contribution < 1.29 is 18.3 Å². The number of ether oxygens (including phenoxy) is 1. The summed E-state index contributed by atoms with van der Waals surface area (Å²) in [5.41, 5.74) is 5.07. The highest BCUT2D eigenvalue weighted by Gasteiger charge is 2.24. The Kier molecular flexibility index (Phi) is 3.82. The lowest BCUT2D eigenvalue weighted by molar-refractivity contribution is 0.0593. The van der Waals surface area contributed by atoms with Crippen molar-refractivity contribution in [2.24, 2.45) is 0 Å². The van der Waals surface area contributed by atoms with Gasteiger partial charge in [0.05, 0.1) is 24.0 Å². The third-order valence-electron chi connectivity index (χ3n) is 2.78. The van der Waals surface area contributed by atoms with E-state index < -0.39 is 22.6 Å².